The number of rotatable bonds is 2. The molecule has 2 aliphatic rings. The first-order chi connectivity index (χ1) is 10.7. The number of hydrogen-bond donors (Lipinski definition) is 1. The summed E-state index contributed by atoms with van der Waals surface area (Å²) in [4.78, 5) is 17.6. The van der Waals surface area contributed by atoms with Gasteiger partial charge in [-0.1, -0.05) is 18.2 Å². The van der Waals surface area contributed by atoms with Gasteiger partial charge in [-0.3, -0.25) is 10.1 Å². The van der Waals surface area contributed by atoms with Gasteiger partial charge in [-0.05, 0) is 25.3 Å². The van der Waals surface area contributed by atoms with Crippen LogP contribution in [0.15, 0.2) is 30.5 Å². The number of aromatic nitrogens is 1. The summed E-state index contributed by atoms with van der Waals surface area (Å²) < 4.78 is 0. The largest absolute Gasteiger partial charge is 0.364 e. The molecule has 2 bridgehead atoms. The molecule has 2 unspecified atom stereocenters. The third kappa shape index (κ3) is 2.20. The summed E-state index contributed by atoms with van der Waals surface area (Å²) in [5.41, 5.74) is 1.65. The average Bonchev–Trinajstić information content (AvgIpc) is 2.85. The Morgan fingerprint density at radius 3 is 2.91 bits per heavy atom. The molecular formula is C16H18N4O2. The molecule has 6 heteroatoms. The van der Waals surface area contributed by atoms with Crippen LogP contribution < -0.4 is 10.2 Å². The Morgan fingerprint density at radius 2 is 2.05 bits per heavy atom. The Labute approximate surface area is 128 Å². The number of fused-ring (bicyclic) bond motifs is 3. The highest BCUT2D eigenvalue weighted by atomic mass is 16.6. The summed E-state index contributed by atoms with van der Waals surface area (Å²) in [6, 6.07) is 8.66. The average molecular weight is 298 g/mol. The van der Waals surface area contributed by atoms with E-state index in [1.54, 1.807) is 0 Å². The molecule has 2 aromatic rings. The van der Waals surface area contributed by atoms with Gasteiger partial charge in [0.2, 0.25) is 0 Å². The SMILES string of the molecule is O=[N+]([O-])c1cnc2ccccc2c1N1CCC2CCC(C1)N2. The predicted octanol–water partition coefficient (Wildman–Crippen LogP) is 2.47. The minimum absolute atomic E-state index is 0.108. The lowest BCUT2D eigenvalue weighted by molar-refractivity contribution is -0.384. The maximum atomic E-state index is 11.5. The molecule has 0 spiro atoms. The van der Waals surface area contributed by atoms with Gasteiger partial charge in [-0.2, -0.15) is 0 Å². The zero-order valence-electron chi connectivity index (χ0n) is 12.2. The molecule has 0 radical (unpaired) electrons. The van der Waals surface area contributed by atoms with Gasteiger partial charge in [0, 0.05) is 30.6 Å². The van der Waals surface area contributed by atoms with Crippen molar-refractivity contribution in [1.82, 2.24) is 10.3 Å². The first-order valence-electron chi connectivity index (χ1n) is 7.75. The van der Waals surface area contributed by atoms with E-state index in [1.165, 1.54) is 12.6 Å². The number of benzene rings is 1. The first kappa shape index (κ1) is 13.5. The lowest BCUT2D eigenvalue weighted by atomic mass is 10.1. The second-order valence-electron chi connectivity index (χ2n) is 6.14. The van der Waals surface area contributed by atoms with Crippen molar-refractivity contribution >= 4 is 22.3 Å². The molecule has 0 saturated carbocycles. The molecule has 2 saturated heterocycles. The van der Waals surface area contributed by atoms with Crippen molar-refractivity contribution in [2.75, 3.05) is 18.0 Å². The molecule has 22 heavy (non-hydrogen) atoms. The van der Waals surface area contributed by atoms with Gasteiger partial charge in [0.05, 0.1) is 10.4 Å². The number of nitrogens with zero attached hydrogens (tertiary/aromatic N) is 3. The zero-order valence-corrected chi connectivity index (χ0v) is 12.2. The van der Waals surface area contributed by atoms with Crippen LogP contribution in [-0.4, -0.2) is 35.1 Å². The second kappa shape index (κ2) is 5.21. The third-order valence-electron chi connectivity index (χ3n) is 4.76. The fourth-order valence-corrected chi connectivity index (χ4v) is 3.73. The van der Waals surface area contributed by atoms with Crippen molar-refractivity contribution in [3.05, 3.63) is 40.6 Å². The molecule has 3 heterocycles. The summed E-state index contributed by atoms with van der Waals surface area (Å²) in [5, 5.41) is 16.0. The molecule has 6 nitrogen and oxygen atoms in total. The van der Waals surface area contributed by atoms with Crippen LogP contribution >= 0.6 is 0 Å². The van der Waals surface area contributed by atoms with E-state index in [4.69, 9.17) is 0 Å². The molecule has 1 N–H and O–H groups in total. The van der Waals surface area contributed by atoms with Crippen molar-refractivity contribution in [1.29, 1.82) is 0 Å². The molecule has 114 valence electrons. The molecular weight excluding hydrogens is 280 g/mol. The maximum Gasteiger partial charge on any atom is 0.311 e. The number of pyridine rings is 1. The van der Waals surface area contributed by atoms with E-state index in [0.717, 1.165) is 42.5 Å². The van der Waals surface area contributed by atoms with Gasteiger partial charge in [0.25, 0.3) is 0 Å². The Balaban J connectivity index is 1.84. The van der Waals surface area contributed by atoms with E-state index in [0.29, 0.717) is 12.1 Å². The molecule has 0 amide bonds. The van der Waals surface area contributed by atoms with E-state index in [2.05, 4.69) is 15.2 Å². The van der Waals surface area contributed by atoms with Crippen LogP contribution in [0.3, 0.4) is 0 Å². The van der Waals surface area contributed by atoms with Gasteiger partial charge >= 0.3 is 5.69 Å². The fraction of sp³-hybridized carbons (Fsp3) is 0.438. The van der Waals surface area contributed by atoms with E-state index in [1.807, 2.05) is 24.3 Å². The van der Waals surface area contributed by atoms with E-state index < -0.39 is 0 Å². The number of nitrogens with one attached hydrogen (secondary N) is 1. The predicted molar refractivity (Wildman–Crippen MR) is 85.2 cm³/mol. The number of hydrogen-bond acceptors (Lipinski definition) is 5. The zero-order chi connectivity index (χ0) is 15.1. The highest BCUT2D eigenvalue weighted by Crippen LogP contribution is 2.36. The Morgan fingerprint density at radius 1 is 1.23 bits per heavy atom. The van der Waals surface area contributed by atoms with Crippen LogP contribution in [-0.2, 0) is 0 Å². The van der Waals surface area contributed by atoms with E-state index in [9.17, 15) is 10.1 Å². The van der Waals surface area contributed by atoms with Crippen molar-refractivity contribution in [3.8, 4) is 0 Å². The minimum atomic E-state index is -0.314. The molecule has 2 atom stereocenters. The van der Waals surface area contributed by atoms with E-state index >= 15 is 0 Å². The lowest BCUT2D eigenvalue weighted by Crippen LogP contribution is -2.35. The maximum absolute atomic E-state index is 11.5. The number of nitro groups is 1. The molecule has 2 aliphatic heterocycles. The van der Waals surface area contributed by atoms with Crippen LogP contribution in [0.5, 0.6) is 0 Å². The molecule has 1 aromatic carbocycles. The molecule has 1 aromatic heterocycles. The Bertz CT molecular complexity index is 733. The lowest BCUT2D eigenvalue weighted by Gasteiger charge is -2.27. The smallest absolute Gasteiger partial charge is 0.311 e. The fourth-order valence-electron chi connectivity index (χ4n) is 3.73. The Hall–Kier alpha value is -2.21. The van der Waals surface area contributed by atoms with Crippen molar-refractivity contribution in [2.24, 2.45) is 0 Å². The van der Waals surface area contributed by atoms with Crippen LogP contribution in [0.1, 0.15) is 19.3 Å². The van der Waals surface area contributed by atoms with E-state index in [-0.39, 0.29) is 10.6 Å². The first-order valence-corrected chi connectivity index (χ1v) is 7.75. The van der Waals surface area contributed by atoms with Crippen LogP contribution in [0.2, 0.25) is 0 Å². The molecule has 2 fully saturated rings. The summed E-state index contributed by atoms with van der Waals surface area (Å²) in [6.07, 6.45) is 4.80. The summed E-state index contributed by atoms with van der Waals surface area (Å²) in [6.45, 7) is 1.67. The third-order valence-corrected chi connectivity index (χ3v) is 4.76. The standard InChI is InChI=1S/C16H18N4O2/c21-20(22)15-9-17-14-4-2-1-3-13(14)16(15)19-8-7-11-5-6-12(10-19)18-11/h1-4,9,11-12,18H,5-8,10H2. The van der Waals surface area contributed by atoms with Crippen molar-refractivity contribution in [2.45, 2.75) is 31.3 Å². The van der Waals surface area contributed by atoms with Gasteiger partial charge in [0.1, 0.15) is 11.9 Å². The number of anilines is 1. The van der Waals surface area contributed by atoms with Crippen molar-refractivity contribution < 1.29 is 4.92 Å². The quantitative estimate of drug-likeness (QED) is 0.681. The monoisotopic (exact) mass is 298 g/mol. The molecule has 4 rings (SSSR count). The van der Waals surface area contributed by atoms with Crippen LogP contribution in [0.4, 0.5) is 11.4 Å². The highest BCUT2D eigenvalue weighted by molar-refractivity contribution is 5.96. The summed E-state index contributed by atoms with van der Waals surface area (Å²) in [7, 11) is 0. The highest BCUT2D eigenvalue weighted by Gasteiger charge is 2.32. The van der Waals surface area contributed by atoms with Gasteiger partial charge in [0.15, 0.2) is 0 Å². The second-order valence-corrected chi connectivity index (χ2v) is 6.14. The Kier molecular flexibility index (Phi) is 3.18. The topological polar surface area (TPSA) is 71.3 Å². The van der Waals surface area contributed by atoms with Gasteiger partial charge in [-0.25, -0.2) is 4.98 Å². The van der Waals surface area contributed by atoms with Crippen LogP contribution in [0, 0.1) is 10.1 Å². The van der Waals surface area contributed by atoms with Gasteiger partial charge < -0.3 is 10.2 Å². The van der Waals surface area contributed by atoms with Crippen molar-refractivity contribution in [3.63, 3.8) is 0 Å². The van der Waals surface area contributed by atoms with Gasteiger partial charge in [-0.15, -0.1) is 0 Å². The normalized spacial score (nSPS) is 24.5. The van der Waals surface area contributed by atoms with Crippen LogP contribution in [0.25, 0.3) is 10.9 Å². The summed E-state index contributed by atoms with van der Waals surface area (Å²) in [5.74, 6) is 0. The number of para-hydroxylation sites is 1. The molecule has 0 aliphatic carbocycles. The summed E-state index contributed by atoms with van der Waals surface area (Å²) >= 11 is 0. The minimum Gasteiger partial charge on any atom is -0.364 e.